The molecule has 0 fully saturated rings. The van der Waals surface area contributed by atoms with Crippen LogP contribution in [0.4, 0.5) is 0 Å². The molecule has 0 saturated heterocycles. The van der Waals surface area contributed by atoms with E-state index in [-0.39, 0.29) is 5.97 Å². The Bertz CT molecular complexity index is 448. The van der Waals surface area contributed by atoms with Crippen LogP contribution in [-0.2, 0) is 9.53 Å². The summed E-state index contributed by atoms with van der Waals surface area (Å²) in [6.07, 6.45) is 0. The number of nitrogens with one attached hydrogen (secondary N) is 1. The zero-order chi connectivity index (χ0) is 14.5. The zero-order valence-electron chi connectivity index (χ0n) is 12.4. The lowest BCUT2D eigenvalue weighted by Gasteiger charge is -2.26. The number of likely N-dealkylation sites (N-methyl/N-ethyl adjacent to an activating group) is 1. The summed E-state index contributed by atoms with van der Waals surface area (Å²) in [6.45, 7) is 8.30. The van der Waals surface area contributed by atoms with Crippen LogP contribution in [0.5, 0.6) is 0 Å². The molecule has 0 radical (unpaired) electrons. The third-order valence-electron chi connectivity index (χ3n) is 3.28. The Hall–Kier alpha value is -1.00. The molecule has 0 saturated carbocycles. The molecule has 0 spiro atoms. The maximum atomic E-state index is 11.9. The van der Waals surface area contributed by atoms with Gasteiger partial charge in [-0.2, -0.15) is 0 Å². The Kier molecular flexibility index (Phi) is 5.88. The SMILES string of the molecule is CCOC(=O)C(C)(CSc1ccc(C)c(C)c1)NC. The first-order chi connectivity index (χ1) is 8.92. The van der Waals surface area contributed by atoms with Crippen LogP contribution >= 0.6 is 11.8 Å². The van der Waals surface area contributed by atoms with Crippen molar-refractivity contribution in [3.05, 3.63) is 29.3 Å². The summed E-state index contributed by atoms with van der Waals surface area (Å²) in [4.78, 5) is 13.1. The number of carbonyl (C=O) groups excluding carboxylic acids is 1. The van der Waals surface area contributed by atoms with Crippen LogP contribution in [0.2, 0.25) is 0 Å². The first kappa shape index (κ1) is 16.1. The summed E-state index contributed by atoms with van der Waals surface area (Å²) >= 11 is 1.67. The van der Waals surface area contributed by atoms with Gasteiger partial charge in [0.1, 0.15) is 5.54 Å². The lowest BCUT2D eigenvalue weighted by molar-refractivity contribution is -0.149. The molecule has 1 aromatic carbocycles. The van der Waals surface area contributed by atoms with Crippen LogP contribution in [0.3, 0.4) is 0 Å². The fraction of sp³-hybridized carbons (Fsp3) is 0.533. The minimum absolute atomic E-state index is 0.200. The standard InChI is InChI=1S/C15H23NO2S/c1-6-18-14(17)15(4,16-5)10-19-13-8-7-11(2)12(3)9-13/h7-9,16H,6,10H2,1-5H3. The fourth-order valence-electron chi connectivity index (χ4n) is 1.55. The molecular formula is C15H23NO2S. The van der Waals surface area contributed by atoms with E-state index in [1.807, 2.05) is 13.8 Å². The Labute approximate surface area is 120 Å². The van der Waals surface area contributed by atoms with Gasteiger partial charge in [-0.25, -0.2) is 0 Å². The molecule has 1 rings (SSSR count). The number of carbonyl (C=O) groups is 1. The van der Waals surface area contributed by atoms with Crippen molar-refractivity contribution < 1.29 is 9.53 Å². The normalized spacial score (nSPS) is 13.9. The van der Waals surface area contributed by atoms with Gasteiger partial charge < -0.3 is 10.1 Å². The van der Waals surface area contributed by atoms with Crippen LogP contribution in [-0.4, -0.2) is 30.9 Å². The van der Waals surface area contributed by atoms with Crippen LogP contribution in [0.25, 0.3) is 0 Å². The minimum Gasteiger partial charge on any atom is -0.465 e. The number of esters is 1. The summed E-state index contributed by atoms with van der Waals surface area (Å²) in [5, 5.41) is 3.06. The molecule has 4 heteroatoms. The molecule has 0 aliphatic heterocycles. The fourth-order valence-corrected chi connectivity index (χ4v) is 2.70. The molecule has 0 aliphatic rings. The molecular weight excluding hydrogens is 258 g/mol. The molecule has 0 aromatic heterocycles. The number of benzene rings is 1. The van der Waals surface area contributed by atoms with Gasteiger partial charge in [0.15, 0.2) is 0 Å². The van der Waals surface area contributed by atoms with E-state index in [0.717, 1.165) is 0 Å². The highest BCUT2D eigenvalue weighted by molar-refractivity contribution is 7.99. The molecule has 0 bridgehead atoms. The lowest BCUT2D eigenvalue weighted by atomic mass is 10.1. The van der Waals surface area contributed by atoms with Gasteiger partial charge in [0.05, 0.1) is 6.61 Å². The number of thioether (sulfide) groups is 1. The van der Waals surface area contributed by atoms with Gasteiger partial charge >= 0.3 is 5.97 Å². The van der Waals surface area contributed by atoms with E-state index in [0.29, 0.717) is 12.4 Å². The zero-order valence-corrected chi connectivity index (χ0v) is 13.2. The highest BCUT2D eigenvalue weighted by Gasteiger charge is 2.33. The van der Waals surface area contributed by atoms with Gasteiger partial charge in [-0.3, -0.25) is 4.79 Å². The van der Waals surface area contributed by atoms with Crippen molar-refractivity contribution in [3.8, 4) is 0 Å². The van der Waals surface area contributed by atoms with E-state index in [4.69, 9.17) is 4.74 Å². The Morgan fingerprint density at radius 3 is 2.58 bits per heavy atom. The highest BCUT2D eigenvalue weighted by Crippen LogP contribution is 2.25. The van der Waals surface area contributed by atoms with E-state index in [2.05, 4.69) is 37.4 Å². The van der Waals surface area contributed by atoms with Crippen molar-refractivity contribution in [3.63, 3.8) is 0 Å². The summed E-state index contributed by atoms with van der Waals surface area (Å²) < 4.78 is 5.11. The summed E-state index contributed by atoms with van der Waals surface area (Å²) in [6, 6.07) is 6.36. The maximum absolute atomic E-state index is 11.9. The molecule has 0 heterocycles. The summed E-state index contributed by atoms with van der Waals surface area (Å²) in [7, 11) is 1.79. The second-order valence-corrected chi connectivity index (χ2v) is 5.89. The average Bonchev–Trinajstić information content (AvgIpc) is 2.40. The summed E-state index contributed by atoms with van der Waals surface area (Å²) in [5.74, 6) is 0.444. The number of aryl methyl sites for hydroxylation is 2. The van der Waals surface area contributed by atoms with Crippen LogP contribution in [0, 0.1) is 13.8 Å². The molecule has 3 nitrogen and oxygen atoms in total. The molecule has 0 aliphatic carbocycles. The smallest absolute Gasteiger partial charge is 0.326 e. The van der Waals surface area contributed by atoms with Crippen molar-refractivity contribution in [2.75, 3.05) is 19.4 Å². The first-order valence-electron chi connectivity index (χ1n) is 6.49. The predicted molar refractivity (Wildman–Crippen MR) is 80.7 cm³/mol. The van der Waals surface area contributed by atoms with Gasteiger partial charge in [0.25, 0.3) is 0 Å². The largest absolute Gasteiger partial charge is 0.465 e. The number of rotatable bonds is 6. The van der Waals surface area contributed by atoms with E-state index in [1.54, 1.807) is 18.8 Å². The van der Waals surface area contributed by atoms with Gasteiger partial charge in [0.2, 0.25) is 0 Å². The maximum Gasteiger partial charge on any atom is 0.326 e. The number of ether oxygens (including phenoxy) is 1. The van der Waals surface area contributed by atoms with E-state index >= 15 is 0 Å². The molecule has 1 aromatic rings. The molecule has 19 heavy (non-hydrogen) atoms. The minimum atomic E-state index is -0.653. The van der Waals surface area contributed by atoms with Crippen LogP contribution in [0.15, 0.2) is 23.1 Å². The predicted octanol–water partition coefficient (Wildman–Crippen LogP) is 2.94. The van der Waals surface area contributed by atoms with Gasteiger partial charge in [0, 0.05) is 10.6 Å². The number of hydrogen-bond acceptors (Lipinski definition) is 4. The van der Waals surface area contributed by atoms with Crippen molar-refractivity contribution in [1.29, 1.82) is 0 Å². The quantitative estimate of drug-likeness (QED) is 0.643. The van der Waals surface area contributed by atoms with Crippen molar-refractivity contribution in [1.82, 2.24) is 5.32 Å². The van der Waals surface area contributed by atoms with Crippen molar-refractivity contribution in [2.24, 2.45) is 0 Å². The number of hydrogen-bond donors (Lipinski definition) is 1. The third-order valence-corrected chi connectivity index (χ3v) is 4.59. The molecule has 106 valence electrons. The van der Waals surface area contributed by atoms with Gasteiger partial charge in [-0.1, -0.05) is 6.07 Å². The molecule has 0 amide bonds. The third kappa shape index (κ3) is 4.25. The van der Waals surface area contributed by atoms with Crippen LogP contribution < -0.4 is 5.32 Å². The van der Waals surface area contributed by atoms with E-state index in [1.165, 1.54) is 16.0 Å². The van der Waals surface area contributed by atoms with Crippen LogP contribution in [0.1, 0.15) is 25.0 Å². The Morgan fingerprint density at radius 1 is 1.37 bits per heavy atom. The average molecular weight is 281 g/mol. The first-order valence-corrected chi connectivity index (χ1v) is 7.47. The van der Waals surface area contributed by atoms with Gasteiger partial charge in [-0.05, 0) is 58.0 Å². The Balaban J connectivity index is 2.71. The van der Waals surface area contributed by atoms with Crippen molar-refractivity contribution >= 4 is 17.7 Å². The lowest BCUT2D eigenvalue weighted by Crippen LogP contribution is -2.50. The van der Waals surface area contributed by atoms with E-state index in [9.17, 15) is 4.79 Å². The van der Waals surface area contributed by atoms with Crippen molar-refractivity contribution in [2.45, 2.75) is 38.1 Å². The molecule has 1 N–H and O–H groups in total. The second kappa shape index (κ2) is 6.96. The summed E-state index contributed by atoms with van der Waals surface area (Å²) in [5.41, 5.74) is 1.90. The Morgan fingerprint density at radius 2 is 2.05 bits per heavy atom. The highest BCUT2D eigenvalue weighted by atomic mass is 32.2. The topological polar surface area (TPSA) is 38.3 Å². The molecule has 1 atom stereocenters. The van der Waals surface area contributed by atoms with Gasteiger partial charge in [-0.15, -0.1) is 11.8 Å². The monoisotopic (exact) mass is 281 g/mol. The molecule has 1 unspecified atom stereocenters. The van der Waals surface area contributed by atoms with E-state index < -0.39 is 5.54 Å². The second-order valence-electron chi connectivity index (χ2n) is 4.84.